The fraction of sp³-hybridized carbons (Fsp3) is 0.400. The normalized spacial score (nSPS) is 19.3. The van der Waals surface area contributed by atoms with Gasteiger partial charge in [-0.15, -0.1) is 0 Å². The van der Waals surface area contributed by atoms with Gasteiger partial charge in [-0.1, -0.05) is 13.8 Å². The van der Waals surface area contributed by atoms with Crippen molar-refractivity contribution >= 4 is 35.0 Å². The van der Waals surface area contributed by atoms with Crippen LogP contribution in [-0.2, 0) is 9.59 Å². The monoisotopic (exact) mass is 367 g/mol. The Morgan fingerprint density at radius 1 is 1.30 bits per heavy atom. The first-order valence-electron chi connectivity index (χ1n) is 9.10. The van der Waals surface area contributed by atoms with Crippen LogP contribution >= 0.6 is 0 Å². The first kappa shape index (κ1) is 18.8. The summed E-state index contributed by atoms with van der Waals surface area (Å²) in [7, 11) is 1.73. The van der Waals surface area contributed by atoms with E-state index in [1.165, 1.54) is 6.92 Å². The zero-order valence-electron chi connectivity index (χ0n) is 16.2. The fourth-order valence-corrected chi connectivity index (χ4v) is 3.08. The van der Waals surface area contributed by atoms with Gasteiger partial charge in [-0.2, -0.15) is 4.98 Å². The van der Waals surface area contributed by atoms with E-state index < -0.39 is 0 Å². The summed E-state index contributed by atoms with van der Waals surface area (Å²) in [6, 6.07) is 9.18. The van der Waals surface area contributed by atoms with Crippen LogP contribution in [0.5, 0.6) is 0 Å². The number of hydrogen-bond donors (Lipinski definition) is 1. The highest BCUT2D eigenvalue weighted by atomic mass is 16.2. The van der Waals surface area contributed by atoms with Gasteiger partial charge in [-0.3, -0.25) is 14.5 Å². The van der Waals surface area contributed by atoms with Gasteiger partial charge in [0, 0.05) is 43.5 Å². The number of nitrogens with one attached hydrogen (secondary N) is 1. The topological polar surface area (TPSA) is 78.4 Å². The quantitative estimate of drug-likeness (QED) is 0.877. The molecule has 3 rings (SSSR count). The third-order valence-corrected chi connectivity index (χ3v) is 5.33. The summed E-state index contributed by atoms with van der Waals surface area (Å²) in [5.74, 6) is 1.13. The van der Waals surface area contributed by atoms with Gasteiger partial charge in [0.05, 0.1) is 0 Å². The average molecular weight is 367 g/mol. The number of benzene rings is 1. The molecule has 1 aromatic heterocycles. The molecule has 2 amide bonds. The molecule has 7 heteroatoms. The van der Waals surface area contributed by atoms with Crippen LogP contribution in [-0.4, -0.2) is 35.4 Å². The molecular weight excluding hydrogens is 342 g/mol. The minimum absolute atomic E-state index is 0.0268. The van der Waals surface area contributed by atoms with Crippen LogP contribution in [0.2, 0.25) is 0 Å². The van der Waals surface area contributed by atoms with Gasteiger partial charge < -0.3 is 10.2 Å². The van der Waals surface area contributed by atoms with E-state index in [2.05, 4.69) is 15.3 Å². The zero-order chi connectivity index (χ0) is 19.6. The van der Waals surface area contributed by atoms with Crippen LogP contribution in [0.4, 0.5) is 23.1 Å². The Kier molecular flexibility index (Phi) is 5.12. The molecule has 0 bridgehead atoms. The first-order valence-corrected chi connectivity index (χ1v) is 9.10. The van der Waals surface area contributed by atoms with Crippen molar-refractivity contribution in [1.82, 2.24) is 9.97 Å². The standard InChI is InChI=1S/C20H25N5O2/c1-5-20(3)11-13-25(18(20)27)17-10-12-21-19(23-17)22-15-6-8-16(9-7-15)24(4)14(2)26/h6-10,12H,5,11,13H2,1-4H3,(H,21,22,23)/t20-/m1/s1. The number of aromatic nitrogens is 2. The van der Waals surface area contributed by atoms with E-state index in [1.807, 2.05) is 38.1 Å². The van der Waals surface area contributed by atoms with Crippen molar-refractivity contribution in [2.45, 2.75) is 33.6 Å². The number of hydrogen-bond acceptors (Lipinski definition) is 5. The van der Waals surface area contributed by atoms with Crippen molar-refractivity contribution in [2.75, 3.05) is 28.7 Å². The van der Waals surface area contributed by atoms with Gasteiger partial charge in [0.25, 0.3) is 0 Å². The van der Waals surface area contributed by atoms with Crippen molar-refractivity contribution in [3.8, 4) is 0 Å². The smallest absolute Gasteiger partial charge is 0.234 e. The van der Waals surface area contributed by atoms with Crippen LogP contribution in [0.15, 0.2) is 36.5 Å². The second-order valence-corrected chi connectivity index (χ2v) is 7.11. The van der Waals surface area contributed by atoms with Crippen LogP contribution in [0.25, 0.3) is 0 Å². The minimum Gasteiger partial charge on any atom is -0.324 e. The predicted molar refractivity (Wildman–Crippen MR) is 106 cm³/mol. The molecular formula is C20H25N5O2. The van der Waals surface area contributed by atoms with Crippen LogP contribution in [0.3, 0.4) is 0 Å². The number of amides is 2. The Morgan fingerprint density at radius 3 is 2.59 bits per heavy atom. The van der Waals surface area contributed by atoms with E-state index in [9.17, 15) is 9.59 Å². The van der Waals surface area contributed by atoms with Crippen molar-refractivity contribution < 1.29 is 9.59 Å². The molecule has 7 nitrogen and oxygen atoms in total. The summed E-state index contributed by atoms with van der Waals surface area (Å²) in [5.41, 5.74) is 1.31. The van der Waals surface area contributed by atoms with Gasteiger partial charge in [0.2, 0.25) is 17.8 Å². The number of nitrogens with zero attached hydrogens (tertiary/aromatic N) is 4. The average Bonchev–Trinajstić information content (AvgIpc) is 2.97. The lowest BCUT2D eigenvalue weighted by Gasteiger charge is -2.21. The summed E-state index contributed by atoms with van der Waals surface area (Å²) in [5, 5.41) is 3.15. The lowest BCUT2D eigenvalue weighted by Crippen LogP contribution is -2.32. The lowest BCUT2D eigenvalue weighted by atomic mass is 9.86. The number of carbonyl (C=O) groups excluding carboxylic acids is 2. The molecule has 1 aromatic carbocycles. The highest BCUT2D eigenvalue weighted by Crippen LogP contribution is 2.36. The number of rotatable bonds is 5. The summed E-state index contributed by atoms with van der Waals surface area (Å²) in [6.45, 7) is 6.25. The van der Waals surface area contributed by atoms with E-state index in [0.29, 0.717) is 18.3 Å². The molecule has 1 aliphatic heterocycles. The maximum Gasteiger partial charge on any atom is 0.234 e. The van der Waals surface area contributed by atoms with Crippen LogP contribution in [0, 0.1) is 5.41 Å². The molecule has 0 aliphatic carbocycles. The molecule has 1 saturated heterocycles. The zero-order valence-corrected chi connectivity index (χ0v) is 16.2. The summed E-state index contributed by atoms with van der Waals surface area (Å²) in [4.78, 5) is 36.2. The van der Waals surface area contributed by atoms with Crippen molar-refractivity contribution in [3.05, 3.63) is 36.5 Å². The molecule has 2 aromatic rings. The lowest BCUT2D eigenvalue weighted by molar-refractivity contribution is -0.125. The van der Waals surface area contributed by atoms with Crippen molar-refractivity contribution in [2.24, 2.45) is 5.41 Å². The molecule has 27 heavy (non-hydrogen) atoms. The summed E-state index contributed by atoms with van der Waals surface area (Å²) >= 11 is 0. The number of anilines is 4. The third kappa shape index (κ3) is 3.77. The van der Waals surface area contributed by atoms with E-state index in [-0.39, 0.29) is 17.2 Å². The highest BCUT2D eigenvalue weighted by Gasteiger charge is 2.42. The SMILES string of the molecule is CC[C@]1(C)CCN(c2ccnc(Nc3ccc(N(C)C(C)=O)cc3)n2)C1=O. The minimum atomic E-state index is -0.308. The van der Waals surface area contributed by atoms with Crippen LogP contribution < -0.4 is 15.1 Å². The molecule has 1 aliphatic rings. The molecule has 0 spiro atoms. The van der Waals surface area contributed by atoms with Crippen LogP contribution in [0.1, 0.15) is 33.6 Å². The molecule has 0 unspecified atom stereocenters. The van der Waals surface area contributed by atoms with Gasteiger partial charge in [0.1, 0.15) is 5.82 Å². The van der Waals surface area contributed by atoms with Gasteiger partial charge in [0.15, 0.2) is 0 Å². The Balaban J connectivity index is 1.75. The molecule has 1 N–H and O–H groups in total. The first-order chi connectivity index (χ1) is 12.8. The molecule has 0 radical (unpaired) electrons. The maximum atomic E-state index is 12.7. The molecule has 1 atom stereocenters. The fourth-order valence-electron chi connectivity index (χ4n) is 3.08. The largest absolute Gasteiger partial charge is 0.324 e. The Labute approximate surface area is 159 Å². The molecule has 2 heterocycles. The molecule has 1 fully saturated rings. The highest BCUT2D eigenvalue weighted by molar-refractivity contribution is 5.99. The van der Waals surface area contributed by atoms with Gasteiger partial charge in [-0.05, 0) is 43.2 Å². The van der Waals surface area contributed by atoms with Crippen molar-refractivity contribution in [3.63, 3.8) is 0 Å². The summed E-state index contributed by atoms with van der Waals surface area (Å²) < 4.78 is 0. The molecule has 142 valence electrons. The summed E-state index contributed by atoms with van der Waals surface area (Å²) in [6.07, 6.45) is 3.30. The maximum absolute atomic E-state index is 12.7. The van der Waals surface area contributed by atoms with Gasteiger partial charge >= 0.3 is 0 Å². The van der Waals surface area contributed by atoms with E-state index in [4.69, 9.17) is 0 Å². The van der Waals surface area contributed by atoms with Crippen molar-refractivity contribution in [1.29, 1.82) is 0 Å². The van der Waals surface area contributed by atoms with E-state index in [0.717, 1.165) is 24.2 Å². The molecule has 0 saturated carbocycles. The number of carbonyl (C=O) groups is 2. The second-order valence-electron chi connectivity index (χ2n) is 7.11. The Bertz CT molecular complexity index is 852. The Morgan fingerprint density at radius 2 is 2.00 bits per heavy atom. The third-order valence-electron chi connectivity index (χ3n) is 5.33. The Hall–Kier alpha value is -2.96. The van der Waals surface area contributed by atoms with Gasteiger partial charge in [-0.25, -0.2) is 4.98 Å². The second kappa shape index (κ2) is 7.34. The predicted octanol–water partition coefficient (Wildman–Crippen LogP) is 3.36. The van der Waals surface area contributed by atoms with E-state index in [1.54, 1.807) is 29.1 Å². The van der Waals surface area contributed by atoms with E-state index >= 15 is 0 Å².